The summed E-state index contributed by atoms with van der Waals surface area (Å²) < 4.78 is 21.3. The van der Waals surface area contributed by atoms with Crippen LogP contribution in [-0.2, 0) is 16.1 Å². The molecule has 1 fully saturated rings. The molecule has 2 N–H and O–H groups in total. The number of rotatable bonds is 7. The number of carbonyl (C=O) groups is 2. The molecule has 0 atom stereocenters. The van der Waals surface area contributed by atoms with E-state index in [0.717, 1.165) is 0 Å². The number of hydrogen-bond acceptors (Lipinski definition) is 7. The maximum absolute atomic E-state index is 14.8. The Morgan fingerprint density at radius 1 is 1.16 bits per heavy atom. The molecule has 0 aliphatic carbocycles. The van der Waals surface area contributed by atoms with Gasteiger partial charge in [-0.15, -0.1) is 0 Å². The molecule has 0 radical (unpaired) electrons. The number of aryl methyl sites for hydroxylation is 1. The molecule has 0 unspecified atom stereocenters. The van der Waals surface area contributed by atoms with Crippen molar-refractivity contribution in [3.63, 3.8) is 0 Å². The fraction of sp³-hybridized carbons (Fsp3) is 0.462. The number of aromatic nitrogens is 3. The van der Waals surface area contributed by atoms with E-state index in [1.165, 1.54) is 10.8 Å². The van der Waals surface area contributed by atoms with Gasteiger partial charge in [0.05, 0.1) is 30.5 Å². The Morgan fingerprint density at radius 2 is 1.84 bits per heavy atom. The van der Waals surface area contributed by atoms with Gasteiger partial charge in [0.1, 0.15) is 11.6 Å². The van der Waals surface area contributed by atoms with Gasteiger partial charge in [0.15, 0.2) is 0 Å². The van der Waals surface area contributed by atoms with Crippen molar-refractivity contribution in [2.45, 2.75) is 47.6 Å². The van der Waals surface area contributed by atoms with Crippen molar-refractivity contribution in [3.05, 3.63) is 53.0 Å². The molecule has 10 nitrogen and oxygen atoms in total. The van der Waals surface area contributed by atoms with Crippen molar-refractivity contribution in [3.8, 4) is 11.1 Å². The first kappa shape index (κ1) is 29.5. The number of aromatic amines is 1. The number of benzene rings is 1. The van der Waals surface area contributed by atoms with Crippen molar-refractivity contribution in [1.82, 2.24) is 19.6 Å². The Labute approximate surface area is 216 Å². The van der Waals surface area contributed by atoms with Gasteiger partial charge in [0, 0.05) is 45.0 Å². The quantitative estimate of drug-likeness (QED) is 0.491. The standard InChI is InChI=1S/C20H23FN6O3.C4H8O.C2H6/c1-2-27-12-15(19(29)30-27)14-3-4-17(16(21)11-14)26-9-7-25(8-10-26)13-18(28)24-20-22-5-6-23-20;1-3-4(2)5;1-2/h3-6,11-12H,2,7-10,13H2,1H3,(H2,22,23,24,28);3H2,1-2H3;1-2H3. The van der Waals surface area contributed by atoms with E-state index in [0.29, 0.717) is 61.9 Å². The smallest absolute Gasteiger partial charge is 0.365 e. The van der Waals surface area contributed by atoms with Crippen LogP contribution < -0.4 is 15.8 Å². The average molecular weight is 517 g/mol. The van der Waals surface area contributed by atoms with Gasteiger partial charge in [-0.2, -0.15) is 0 Å². The van der Waals surface area contributed by atoms with Gasteiger partial charge in [-0.3, -0.25) is 15.0 Å². The van der Waals surface area contributed by atoms with Crippen molar-refractivity contribution in [2.75, 3.05) is 42.9 Å². The van der Waals surface area contributed by atoms with Crippen LogP contribution in [0.1, 0.15) is 41.0 Å². The van der Waals surface area contributed by atoms with E-state index >= 15 is 0 Å². The van der Waals surface area contributed by atoms with Crippen LogP contribution in [0.2, 0.25) is 0 Å². The molecule has 0 spiro atoms. The second-order valence-electron chi connectivity index (χ2n) is 8.13. The summed E-state index contributed by atoms with van der Waals surface area (Å²) in [6.07, 6.45) is 5.46. The minimum Gasteiger partial charge on any atom is -0.367 e. The fourth-order valence-corrected chi connectivity index (χ4v) is 3.51. The SMILES string of the molecule is CC.CCC(C)=O.CCn1cc(-c2ccc(N3CCN(CC(=O)Nc4ncc[nH]4)CC3)c(F)c2)c(=O)o1. The van der Waals surface area contributed by atoms with Crippen LogP contribution in [0.25, 0.3) is 11.1 Å². The molecule has 1 amide bonds. The van der Waals surface area contributed by atoms with Crippen LogP contribution in [0.4, 0.5) is 16.0 Å². The Bertz CT molecular complexity index is 1180. The number of nitrogens with one attached hydrogen (secondary N) is 2. The predicted molar refractivity (Wildman–Crippen MR) is 142 cm³/mol. The summed E-state index contributed by atoms with van der Waals surface area (Å²) in [6.45, 7) is 12.5. The van der Waals surface area contributed by atoms with E-state index in [1.54, 1.807) is 37.6 Å². The summed E-state index contributed by atoms with van der Waals surface area (Å²) in [7, 11) is 0. The second-order valence-corrected chi connectivity index (χ2v) is 8.13. The normalized spacial score (nSPS) is 13.2. The fourth-order valence-electron chi connectivity index (χ4n) is 3.51. The highest BCUT2D eigenvalue weighted by Gasteiger charge is 2.22. The summed E-state index contributed by atoms with van der Waals surface area (Å²) >= 11 is 0. The first-order valence-corrected chi connectivity index (χ1v) is 12.6. The summed E-state index contributed by atoms with van der Waals surface area (Å²) in [4.78, 5) is 44.6. The third-order valence-electron chi connectivity index (χ3n) is 5.60. The zero-order chi connectivity index (χ0) is 27.4. The highest BCUT2D eigenvalue weighted by atomic mass is 19.1. The largest absolute Gasteiger partial charge is 0.367 e. The molecule has 0 saturated carbocycles. The highest BCUT2D eigenvalue weighted by Crippen LogP contribution is 2.26. The van der Waals surface area contributed by atoms with E-state index < -0.39 is 5.63 Å². The van der Waals surface area contributed by atoms with Gasteiger partial charge in [-0.05, 0) is 31.5 Å². The Kier molecular flexibility index (Phi) is 11.8. The molecule has 1 saturated heterocycles. The number of piperazine rings is 1. The Hall–Kier alpha value is -3.73. The first-order valence-electron chi connectivity index (χ1n) is 12.6. The monoisotopic (exact) mass is 516 g/mol. The number of halogens is 1. The summed E-state index contributed by atoms with van der Waals surface area (Å²) in [5.41, 5.74) is 0.836. The second kappa shape index (κ2) is 14.7. The van der Waals surface area contributed by atoms with Crippen molar-refractivity contribution in [1.29, 1.82) is 0 Å². The van der Waals surface area contributed by atoms with E-state index in [-0.39, 0.29) is 24.1 Å². The number of hydrogen-bond donors (Lipinski definition) is 2. The lowest BCUT2D eigenvalue weighted by atomic mass is 10.1. The molecule has 1 aliphatic heterocycles. The van der Waals surface area contributed by atoms with E-state index in [4.69, 9.17) is 4.52 Å². The highest BCUT2D eigenvalue weighted by molar-refractivity contribution is 5.90. The summed E-state index contributed by atoms with van der Waals surface area (Å²) in [5, 5.41) is 2.70. The molecule has 37 heavy (non-hydrogen) atoms. The lowest BCUT2D eigenvalue weighted by Gasteiger charge is -2.35. The molecular formula is C26H37FN6O4. The number of Topliss-reactive ketones (excluding diaryl/α,β-unsaturated/α-hetero) is 1. The Morgan fingerprint density at radius 3 is 2.35 bits per heavy atom. The maximum atomic E-state index is 14.8. The zero-order valence-electron chi connectivity index (χ0n) is 22.2. The molecule has 2 aromatic heterocycles. The number of ketones is 1. The molecule has 4 rings (SSSR count). The van der Waals surface area contributed by atoms with Crippen LogP contribution in [0.3, 0.4) is 0 Å². The van der Waals surface area contributed by atoms with Gasteiger partial charge in [0.25, 0.3) is 0 Å². The van der Waals surface area contributed by atoms with Crippen LogP contribution in [0.15, 0.2) is 46.1 Å². The van der Waals surface area contributed by atoms with E-state index in [9.17, 15) is 18.8 Å². The topological polar surface area (TPSA) is 116 Å². The molecular weight excluding hydrogens is 479 g/mol. The third kappa shape index (κ3) is 8.71. The van der Waals surface area contributed by atoms with Crippen LogP contribution in [0.5, 0.6) is 0 Å². The lowest BCUT2D eigenvalue weighted by molar-refractivity contribution is -0.118. The van der Waals surface area contributed by atoms with Crippen molar-refractivity contribution >= 4 is 23.3 Å². The minimum atomic E-state index is -0.481. The molecule has 1 aliphatic rings. The number of carbonyl (C=O) groups excluding carboxylic acids is 2. The molecule has 0 bridgehead atoms. The van der Waals surface area contributed by atoms with E-state index in [2.05, 4.69) is 15.3 Å². The number of amides is 1. The van der Waals surface area contributed by atoms with Gasteiger partial charge in [-0.25, -0.2) is 18.9 Å². The average Bonchev–Trinajstić information content (AvgIpc) is 3.55. The number of imidazole rings is 1. The van der Waals surface area contributed by atoms with Gasteiger partial charge in [-0.1, -0.05) is 26.8 Å². The molecule has 202 valence electrons. The minimum absolute atomic E-state index is 0.146. The predicted octanol–water partition coefficient (Wildman–Crippen LogP) is 3.76. The van der Waals surface area contributed by atoms with E-state index in [1.807, 2.05) is 37.5 Å². The number of anilines is 2. The van der Waals surface area contributed by atoms with Gasteiger partial charge >= 0.3 is 5.63 Å². The maximum Gasteiger partial charge on any atom is 0.365 e. The van der Waals surface area contributed by atoms with Crippen LogP contribution in [-0.4, -0.2) is 64.0 Å². The molecule has 3 heterocycles. The van der Waals surface area contributed by atoms with Crippen LogP contribution in [0, 0.1) is 5.82 Å². The summed E-state index contributed by atoms with van der Waals surface area (Å²) in [6, 6.07) is 4.78. The lowest BCUT2D eigenvalue weighted by Crippen LogP contribution is -2.49. The third-order valence-corrected chi connectivity index (χ3v) is 5.60. The first-order chi connectivity index (χ1) is 17.8. The molecule has 3 aromatic rings. The van der Waals surface area contributed by atoms with Crippen LogP contribution >= 0.6 is 0 Å². The van der Waals surface area contributed by atoms with Gasteiger partial charge in [0.2, 0.25) is 11.9 Å². The zero-order valence-corrected chi connectivity index (χ0v) is 22.2. The molecule has 11 heteroatoms. The number of nitrogens with zero attached hydrogens (tertiary/aromatic N) is 4. The summed E-state index contributed by atoms with van der Waals surface area (Å²) in [5.74, 6) is 0.140. The van der Waals surface area contributed by atoms with Crippen molar-refractivity contribution < 1.29 is 18.5 Å². The number of H-pyrrole nitrogens is 1. The Balaban J connectivity index is 0.000000617. The molecule has 1 aromatic carbocycles. The van der Waals surface area contributed by atoms with Crippen molar-refractivity contribution in [2.24, 2.45) is 0 Å². The van der Waals surface area contributed by atoms with Gasteiger partial charge < -0.3 is 19.2 Å².